The summed E-state index contributed by atoms with van der Waals surface area (Å²) in [6, 6.07) is 128. The van der Waals surface area contributed by atoms with Gasteiger partial charge < -0.3 is 26.4 Å². The molecule has 12 aromatic heterocycles. The van der Waals surface area contributed by atoms with E-state index >= 15 is 0 Å². The number of nitrogens with zero attached hydrogens (tertiary/aromatic N) is 6. The van der Waals surface area contributed by atoms with Gasteiger partial charge in [0.25, 0.3) is 0 Å². The highest BCUT2D eigenvalue weighted by molar-refractivity contribution is 6.17. The van der Waals surface area contributed by atoms with Crippen LogP contribution < -0.4 is 65.1 Å². The van der Waals surface area contributed by atoms with Gasteiger partial charge in [-0.3, -0.25) is 57.5 Å². The molecule has 0 aliphatic rings. The van der Waals surface area contributed by atoms with Crippen molar-refractivity contribution in [3.63, 3.8) is 0 Å². The van der Waals surface area contributed by atoms with Crippen LogP contribution in [0.25, 0.3) is 284 Å². The molecule has 18 nitrogen and oxygen atoms in total. The molecule has 0 aliphatic heterocycles. The predicted octanol–water partition coefficient (Wildman–Crippen LogP) is 24.6. The second-order valence-corrected chi connectivity index (χ2v) is 38.8. The van der Waals surface area contributed by atoms with E-state index in [-0.39, 0.29) is 65.1 Å². The topological polar surface area (TPSA) is 231 Å². The number of fused-ring (bicyclic) bond motifs is 24. The van der Waals surface area contributed by atoms with Crippen LogP contribution in [0, 0.1) is 0 Å². The molecule has 32 aromatic rings. The van der Waals surface area contributed by atoms with Gasteiger partial charge in [-0.25, -0.2) is 0 Å². The first-order valence-electron chi connectivity index (χ1n) is 49.2. The largest absolute Gasteiger partial charge is 0.308 e. The van der Waals surface area contributed by atoms with Gasteiger partial charge in [-0.1, -0.05) is 188 Å². The Kier molecular flexibility index (Phi) is 17.8. The Bertz CT molecular complexity index is 12000. The number of hydrogen-bond acceptors (Lipinski definition) is 12. The first-order chi connectivity index (χ1) is 73.5. The van der Waals surface area contributed by atoms with Gasteiger partial charge >= 0.3 is 0 Å². The van der Waals surface area contributed by atoms with Crippen LogP contribution in [0.1, 0.15) is 0 Å². The minimum Gasteiger partial charge on any atom is -0.308 e. The van der Waals surface area contributed by atoms with Crippen LogP contribution in [0.3, 0.4) is 0 Å². The Morgan fingerprint density at radius 2 is 0.213 bits per heavy atom. The van der Waals surface area contributed by atoms with Crippen LogP contribution in [0.5, 0.6) is 0 Å². The number of aromatic nitrogens is 6. The third-order valence-corrected chi connectivity index (χ3v) is 31.1. The van der Waals surface area contributed by atoms with Crippen molar-refractivity contribution in [2.24, 2.45) is 0 Å². The van der Waals surface area contributed by atoms with E-state index in [0.29, 0.717) is 173 Å². The van der Waals surface area contributed by atoms with Crippen molar-refractivity contribution in [1.29, 1.82) is 0 Å². The number of pyridine rings is 12. The zero-order chi connectivity index (χ0) is 100. The minimum absolute atomic E-state index is 0.0766. The maximum absolute atomic E-state index is 14.1. The Morgan fingerprint density at radius 1 is 0.0933 bits per heavy atom. The average Bonchev–Trinajstić information content (AvgIpc) is 0.730. The minimum atomic E-state index is -0.151. The molecule has 0 bridgehead atoms. The molecule has 0 N–H and O–H groups in total. The van der Waals surface area contributed by atoms with Gasteiger partial charge in [0, 0.05) is 129 Å². The van der Waals surface area contributed by atoms with Crippen LogP contribution in [0.4, 0.5) is 0 Å². The van der Waals surface area contributed by atoms with E-state index in [4.69, 9.17) is 0 Å². The van der Waals surface area contributed by atoms with Gasteiger partial charge in [-0.2, -0.15) is 0 Å². The van der Waals surface area contributed by atoms with Crippen molar-refractivity contribution < 1.29 is 0 Å². The van der Waals surface area contributed by atoms with Crippen LogP contribution in [0.15, 0.2) is 470 Å². The molecule has 698 valence electrons. The zero-order valence-corrected chi connectivity index (χ0v) is 78.8. The fourth-order valence-electron chi connectivity index (χ4n) is 24.3. The van der Waals surface area contributed by atoms with Gasteiger partial charge in [-0.05, 0) is 280 Å². The lowest BCUT2D eigenvalue weighted by atomic mass is 9.96. The quantitative estimate of drug-likeness (QED) is 0.116. The Hall–Kier alpha value is -20.8. The van der Waals surface area contributed by atoms with Crippen molar-refractivity contribution in [3.05, 3.63) is 535 Å². The summed E-state index contributed by atoms with van der Waals surface area (Å²) >= 11 is 0. The molecule has 0 fully saturated rings. The SMILES string of the molecule is O=c1c2ccccc2n2c3ccc(-c4ccc(-c5ccc6c(c5)c(=O)c5cccc7c(=O)c8ccccc8n6c75)cc4)cc3c(=O)c3cccc1c32.O=c1c2ccccc2n2c3ccc(-c4ccc5c(c4)c(=O)c4cccc6c(=O)c7ccccc7n5c64)cc3c(=O)c3cccc1c32.O=c1c2ccccc2n2c3ccc(-c4cccc(-c5ccc6c(c5)c(=O)c5cccc7c(=O)c8ccccc8n6c75)c4)cc3c(=O)c3cccc1c32. The molecule has 0 unspecified atom stereocenters. The molecule has 12 heterocycles. The van der Waals surface area contributed by atoms with E-state index in [1.165, 1.54) is 0 Å². The van der Waals surface area contributed by atoms with Crippen molar-refractivity contribution in [2.75, 3.05) is 0 Å². The van der Waals surface area contributed by atoms with Crippen molar-refractivity contribution in [2.45, 2.75) is 0 Å². The molecule has 18 heteroatoms. The lowest BCUT2D eigenvalue weighted by molar-refractivity contribution is 1.30. The first-order valence-corrected chi connectivity index (χ1v) is 49.2. The second-order valence-electron chi connectivity index (χ2n) is 38.8. The third-order valence-electron chi connectivity index (χ3n) is 31.1. The molecule has 150 heavy (non-hydrogen) atoms. The Labute approximate surface area is 840 Å². The molecule has 0 aliphatic carbocycles. The molecular weight excluding hydrogens is 1860 g/mol. The van der Waals surface area contributed by atoms with Gasteiger partial charge in [0.1, 0.15) is 0 Å². The molecule has 0 amide bonds. The maximum Gasteiger partial charge on any atom is 0.197 e. The molecule has 0 spiro atoms. The van der Waals surface area contributed by atoms with Crippen molar-refractivity contribution in [1.82, 2.24) is 26.4 Å². The summed E-state index contributed by atoms with van der Waals surface area (Å²) in [6.45, 7) is 0. The van der Waals surface area contributed by atoms with Gasteiger partial charge in [0.05, 0.1) is 99.3 Å². The van der Waals surface area contributed by atoms with Crippen LogP contribution in [-0.4, -0.2) is 26.4 Å². The van der Waals surface area contributed by atoms with Crippen LogP contribution in [0.2, 0.25) is 0 Å². The average molecular weight is 1930 g/mol. The standard InChI is InChI=1S/2C46H24N2O4.C40H20N2O4/c49-43-29-10-1-3-16-37(29)47-39-20-18-27(23-35(39)45(51)33-14-6-12-31(43)41(33)47)25-8-5-9-26(22-25)28-19-21-40-36(24-28)46(52)34-15-7-13-32-42(34)48(40)38-17-4-2-11-30(38)44(32)50;49-43-29-7-1-3-13-37(29)47-39-21-19-27(23-35(39)45(51)33-11-5-9-31(43)41(33)47)25-15-17-26(18-16-25)28-20-22-40-36(24-28)46(52)34-12-6-10-32-42(34)48(40)38-14-4-2-8-30(38)44(32)50;43-37-23-7-1-3-13-31(23)41-33-17-15-21(19-29(33)39(45)27-11-5-9-25(37)35(27)41)22-16-18-34-30(20-22)40(46)28-12-6-10-26-36(28)42(34)32-14-4-2-8-24(32)38(26)44/h2*1-24H;1-20H. The summed E-state index contributed by atoms with van der Waals surface area (Å²) in [5.41, 5.74) is 20.3. The first kappa shape index (κ1) is 84.9. The highest BCUT2D eigenvalue weighted by atomic mass is 16.2. The predicted molar refractivity (Wildman–Crippen MR) is 610 cm³/mol. The van der Waals surface area contributed by atoms with E-state index in [1.54, 1.807) is 109 Å². The number of para-hydroxylation sites is 12. The summed E-state index contributed by atoms with van der Waals surface area (Å²) in [6.07, 6.45) is 0. The lowest BCUT2D eigenvalue weighted by Gasteiger charge is -2.16. The summed E-state index contributed by atoms with van der Waals surface area (Å²) in [7, 11) is 0. The van der Waals surface area contributed by atoms with Gasteiger partial charge in [0.15, 0.2) is 65.1 Å². The highest BCUT2D eigenvalue weighted by Gasteiger charge is 2.28. The van der Waals surface area contributed by atoms with Crippen LogP contribution >= 0.6 is 0 Å². The number of hydrogen-bond donors (Lipinski definition) is 0. The summed E-state index contributed by atoms with van der Waals surface area (Å²) in [5.74, 6) is 0. The highest BCUT2D eigenvalue weighted by Crippen LogP contribution is 2.41. The molecule has 20 aromatic carbocycles. The monoisotopic (exact) mass is 1930 g/mol. The summed E-state index contributed by atoms with van der Waals surface area (Å²) < 4.78 is 12.2. The van der Waals surface area contributed by atoms with E-state index in [0.717, 1.165) is 111 Å². The van der Waals surface area contributed by atoms with Gasteiger partial charge in [-0.15, -0.1) is 0 Å². The van der Waals surface area contributed by atoms with E-state index in [1.807, 2.05) is 324 Å². The van der Waals surface area contributed by atoms with Gasteiger partial charge in [0.2, 0.25) is 0 Å². The summed E-state index contributed by atoms with van der Waals surface area (Å²) in [4.78, 5) is 165. The van der Waals surface area contributed by atoms with Crippen molar-refractivity contribution in [3.8, 4) is 55.6 Å². The number of rotatable bonds is 5. The fourth-order valence-corrected chi connectivity index (χ4v) is 24.3. The molecule has 32 rings (SSSR count). The molecular formula is C132H68N6O12. The van der Waals surface area contributed by atoms with Crippen molar-refractivity contribution >= 4 is 229 Å². The van der Waals surface area contributed by atoms with E-state index in [2.05, 4.69) is 6.07 Å². The van der Waals surface area contributed by atoms with E-state index in [9.17, 15) is 57.5 Å². The van der Waals surface area contributed by atoms with E-state index < -0.39 is 0 Å². The second kappa shape index (κ2) is 31.4. The van der Waals surface area contributed by atoms with Crippen LogP contribution in [-0.2, 0) is 0 Å². The third kappa shape index (κ3) is 11.8. The lowest BCUT2D eigenvalue weighted by Crippen LogP contribution is -2.14. The molecule has 0 atom stereocenters. The smallest absolute Gasteiger partial charge is 0.197 e. The normalized spacial score (nSPS) is 12.2. The Morgan fingerprint density at radius 3 is 0.387 bits per heavy atom. The molecule has 0 radical (unpaired) electrons. The summed E-state index contributed by atoms with van der Waals surface area (Å²) in [5, 5.41) is 13.1. The molecule has 0 saturated heterocycles. The zero-order valence-electron chi connectivity index (χ0n) is 78.8. The number of benzene rings is 20. The Balaban J connectivity index is 0.000000104. The maximum atomic E-state index is 14.1. The molecule has 0 saturated carbocycles. The fraction of sp³-hybridized carbons (Fsp3) is 0.